The Labute approximate surface area is 258 Å². The average molecular weight is 609 g/mol. The molecule has 2 N–H and O–H groups in total. The number of nitriles is 1. The molecule has 1 aromatic heterocycles. The number of halogens is 1. The van der Waals surface area contributed by atoms with Gasteiger partial charge in [0.1, 0.15) is 17.9 Å². The fourth-order valence-electron chi connectivity index (χ4n) is 7.24. The number of rotatable bonds is 7. The number of carbonyl (C=O) groups is 2. The summed E-state index contributed by atoms with van der Waals surface area (Å²) in [5.41, 5.74) is 0.0417. The number of nitrogens with one attached hydrogen (secondary N) is 1. The Balaban J connectivity index is 1.13. The second-order valence-corrected chi connectivity index (χ2v) is 13.7. The van der Waals surface area contributed by atoms with Crippen LogP contribution in [0.4, 0.5) is 5.95 Å². The largest absolute Gasteiger partial charge is 0.489 e. The Hall–Kier alpha value is -3.42. The molecule has 0 bridgehead atoms. The van der Waals surface area contributed by atoms with Crippen LogP contribution in [0.15, 0.2) is 30.6 Å². The molecule has 0 unspecified atom stereocenters. The summed E-state index contributed by atoms with van der Waals surface area (Å²) in [5.74, 6) is 1.45. The number of nitrogens with zero attached hydrogens (tertiary/aromatic N) is 5. The molecule has 3 fully saturated rings. The molecule has 2 saturated heterocycles. The van der Waals surface area contributed by atoms with Crippen LogP contribution in [0.1, 0.15) is 75.7 Å². The van der Waals surface area contributed by atoms with Crippen LogP contribution in [0.5, 0.6) is 5.75 Å². The van der Waals surface area contributed by atoms with E-state index in [1.165, 1.54) is 0 Å². The number of hydrogen-bond donors (Lipinski definition) is 2. The number of aliphatic hydroxyl groups excluding tert-OH is 1. The predicted molar refractivity (Wildman–Crippen MR) is 163 cm³/mol. The van der Waals surface area contributed by atoms with Crippen molar-refractivity contribution in [1.29, 1.82) is 5.26 Å². The van der Waals surface area contributed by atoms with Gasteiger partial charge in [-0.1, -0.05) is 39.3 Å². The van der Waals surface area contributed by atoms with E-state index in [0.717, 1.165) is 25.9 Å². The van der Waals surface area contributed by atoms with Gasteiger partial charge in [-0.05, 0) is 43.7 Å². The van der Waals surface area contributed by atoms with Gasteiger partial charge in [0.2, 0.25) is 11.9 Å². The first-order valence-electron chi connectivity index (χ1n) is 15.1. The van der Waals surface area contributed by atoms with Gasteiger partial charge in [-0.25, -0.2) is 9.97 Å². The van der Waals surface area contributed by atoms with Crippen LogP contribution in [0.25, 0.3) is 0 Å². The van der Waals surface area contributed by atoms with Crippen molar-refractivity contribution in [2.24, 2.45) is 16.7 Å². The van der Waals surface area contributed by atoms with E-state index in [0.29, 0.717) is 66.1 Å². The SMILES string of the molecule is CC1(C)C(NC(=O)c2cnc(N3CCC(CC(=O)N4CCC(O)CC4)CC3)nc2)C(C)(C)C1Oc1ccc(C#N)c(Cl)c1. The van der Waals surface area contributed by atoms with Crippen LogP contribution in [-0.2, 0) is 4.79 Å². The molecule has 0 spiro atoms. The highest BCUT2D eigenvalue weighted by atomic mass is 35.5. The summed E-state index contributed by atoms with van der Waals surface area (Å²) in [5, 5.41) is 22.4. The van der Waals surface area contributed by atoms with Gasteiger partial charge in [-0.15, -0.1) is 0 Å². The highest BCUT2D eigenvalue weighted by molar-refractivity contribution is 6.31. The van der Waals surface area contributed by atoms with Crippen LogP contribution in [0.3, 0.4) is 0 Å². The fraction of sp³-hybridized carbons (Fsp3) is 0.594. The van der Waals surface area contributed by atoms with Crippen molar-refractivity contribution < 1.29 is 19.4 Å². The minimum absolute atomic E-state index is 0.164. The molecule has 3 aliphatic rings. The molecule has 2 aliphatic heterocycles. The van der Waals surface area contributed by atoms with Gasteiger partial charge in [-0.2, -0.15) is 5.26 Å². The van der Waals surface area contributed by atoms with Crippen molar-refractivity contribution >= 4 is 29.4 Å². The minimum atomic E-state index is -0.374. The first-order valence-corrected chi connectivity index (χ1v) is 15.5. The molecule has 2 aromatic rings. The Morgan fingerprint density at radius 2 is 1.70 bits per heavy atom. The van der Waals surface area contributed by atoms with Crippen LogP contribution < -0.4 is 15.0 Å². The summed E-state index contributed by atoms with van der Waals surface area (Å²) >= 11 is 6.20. The second kappa shape index (κ2) is 12.3. The van der Waals surface area contributed by atoms with Gasteiger partial charge in [0.25, 0.3) is 5.91 Å². The second-order valence-electron chi connectivity index (χ2n) is 13.3. The molecule has 43 heavy (non-hydrogen) atoms. The molecule has 1 aromatic carbocycles. The lowest BCUT2D eigenvalue weighted by Gasteiger charge is -2.63. The molecule has 3 heterocycles. The maximum absolute atomic E-state index is 13.2. The smallest absolute Gasteiger partial charge is 0.254 e. The molecule has 0 radical (unpaired) electrons. The third kappa shape index (κ3) is 6.43. The number of aromatic nitrogens is 2. The van der Waals surface area contributed by atoms with Crippen LogP contribution in [0, 0.1) is 28.1 Å². The number of amides is 2. The summed E-state index contributed by atoms with van der Waals surface area (Å²) in [6.07, 6.45) is 6.31. The van der Waals surface area contributed by atoms with Crippen LogP contribution >= 0.6 is 11.6 Å². The zero-order valence-corrected chi connectivity index (χ0v) is 26.1. The third-order valence-electron chi connectivity index (χ3n) is 9.51. The topological polar surface area (TPSA) is 132 Å². The maximum Gasteiger partial charge on any atom is 0.254 e. The fourth-order valence-corrected chi connectivity index (χ4v) is 7.45. The monoisotopic (exact) mass is 608 g/mol. The Kier molecular flexibility index (Phi) is 8.87. The zero-order valence-electron chi connectivity index (χ0n) is 25.3. The predicted octanol–water partition coefficient (Wildman–Crippen LogP) is 4.20. The maximum atomic E-state index is 13.2. The summed E-state index contributed by atoms with van der Waals surface area (Å²) in [4.78, 5) is 38.9. The van der Waals surface area contributed by atoms with Gasteiger partial charge in [0.05, 0.1) is 22.3 Å². The minimum Gasteiger partial charge on any atom is -0.489 e. The highest BCUT2D eigenvalue weighted by Gasteiger charge is 2.64. The van der Waals surface area contributed by atoms with E-state index in [4.69, 9.17) is 21.6 Å². The number of ether oxygens (including phenoxy) is 1. The van der Waals surface area contributed by atoms with Gasteiger partial charge in [0.15, 0.2) is 0 Å². The number of anilines is 1. The summed E-state index contributed by atoms with van der Waals surface area (Å²) in [7, 11) is 0. The van der Waals surface area contributed by atoms with Crippen molar-refractivity contribution in [3.8, 4) is 11.8 Å². The molecule has 10 nitrogen and oxygen atoms in total. The highest BCUT2D eigenvalue weighted by Crippen LogP contribution is 2.55. The van der Waals surface area contributed by atoms with E-state index in [1.807, 2.05) is 4.90 Å². The summed E-state index contributed by atoms with van der Waals surface area (Å²) in [6, 6.07) is 6.93. The van der Waals surface area contributed by atoms with E-state index in [2.05, 4.69) is 53.9 Å². The Morgan fingerprint density at radius 3 is 2.28 bits per heavy atom. The van der Waals surface area contributed by atoms with Gasteiger partial charge < -0.3 is 25.0 Å². The lowest BCUT2D eigenvalue weighted by Crippen LogP contribution is -2.74. The van der Waals surface area contributed by atoms with Crippen molar-refractivity contribution in [3.05, 3.63) is 46.7 Å². The van der Waals surface area contributed by atoms with Crippen molar-refractivity contribution in [3.63, 3.8) is 0 Å². The number of benzene rings is 1. The van der Waals surface area contributed by atoms with E-state index in [9.17, 15) is 14.7 Å². The first kappa shape index (κ1) is 31.0. The molecular weight excluding hydrogens is 568 g/mol. The Bertz CT molecular complexity index is 1360. The van der Waals surface area contributed by atoms with Crippen LogP contribution in [-0.4, -0.2) is 76.2 Å². The first-order chi connectivity index (χ1) is 20.4. The number of likely N-dealkylation sites (tertiary alicyclic amines) is 1. The average Bonchev–Trinajstić information content (AvgIpc) is 2.99. The van der Waals surface area contributed by atoms with Gasteiger partial charge in [0, 0.05) is 67.9 Å². The van der Waals surface area contributed by atoms with Crippen molar-refractivity contribution in [2.45, 2.75) is 78.0 Å². The molecule has 5 rings (SSSR count). The quantitative estimate of drug-likeness (QED) is 0.478. The van der Waals surface area contributed by atoms with E-state index >= 15 is 0 Å². The molecule has 11 heteroatoms. The molecule has 1 saturated carbocycles. The Morgan fingerprint density at radius 1 is 1.07 bits per heavy atom. The van der Waals surface area contributed by atoms with Gasteiger partial charge in [-0.3, -0.25) is 9.59 Å². The standard InChI is InChI=1S/C32H41ClN6O4/c1-31(2)28(32(3,4)29(31)43-24-6-5-21(17-34)25(33)16-24)37-27(42)22-18-35-30(36-19-22)39-11-7-20(8-12-39)15-26(41)38-13-9-23(40)10-14-38/h5-6,16,18-20,23,28-29,40H,7-15H2,1-4H3,(H,37,42). The summed E-state index contributed by atoms with van der Waals surface area (Å²) in [6.45, 7) is 11.1. The van der Waals surface area contributed by atoms with E-state index in [1.54, 1.807) is 30.6 Å². The van der Waals surface area contributed by atoms with E-state index < -0.39 is 0 Å². The number of carbonyl (C=O) groups excluding carboxylic acids is 2. The molecule has 2 amide bonds. The third-order valence-corrected chi connectivity index (χ3v) is 9.82. The number of aliphatic hydroxyl groups is 1. The van der Waals surface area contributed by atoms with Crippen LogP contribution in [0.2, 0.25) is 5.02 Å². The van der Waals surface area contributed by atoms with Crippen molar-refractivity contribution in [2.75, 3.05) is 31.1 Å². The molecular formula is C32H41ClN6O4. The normalized spacial score (nSPS) is 23.7. The number of piperidine rings is 2. The molecule has 230 valence electrons. The molecule has 0 atom stereocenters. The molecule has 1 aliphatic carbocycles. The summed E-state index contributed by atoms with van der Waals surface area (Å²) < 4.78 is 6.32. The van der Waals surface area contributed by atoms with E-state index in [-0.39, 0.29) is 40.9 Å². The number of hydrogen-bond acceptors (Lipinski definition) is 8. The lowest BCUT2D eigenvalue weighted by molar-refractivity contribution is -0.164. The van der Waals surface area contributed by atoms with Crippen molar-refractivity contribution in [1.82, 2.24) is 20.2 Å². The van der Waals surface area contributed by atoms with Gasteiger partial charge >= 0.3 is 0 Å². The zero-order chi connectivity index (χ0) is 30.9. The lowest BCUT2D eigenvalue weighted by atomic mass is 9.49.